The van der Waals surface area contributed by atoms with Crippen LogP contribution < -0.4 is 0 Å². The number of rotatable bonds is 8. The molecule has 0 heterocycles. The van der Waals surface area contributed by atoms with E-state index in [1.807, 2.05) is 13.8 Å². The molecule has 1 aromatic rings. The molecule has 0 fully saturated rings. The summed E-state index contributed by atoms with van der Waals surface area (Å²) in [6, 6.07) is 6.74. The average molecular weight is 298 g/mol. The van der Waals surface area contributed by atoms with Crippen molar-refractivity contribution in [2.24, 2.45) is 11.8 Å². The predicted molar refractivity (Wildman–Crippen MR) is 82.2 cm³/mol. The molecule has 0 aliphatic rings. The standard InChI is InChI=1S/C16H26O3S/c1-13(2)6-5-7-15(4)12-19-20(17,18)16-10-8-14(3)9-11-16/h8-11,13,15H,5-7,12H2,1-4H3. The zero-order valence-electron chi connectivity index (χ0n) is 12.9. The largest absolute Gasteiger partial charge is 0.296 e. The van der Waals surface area contributed by atoms with E-state index in [0.29, 0.717) is 5.92 Å². The second kappa shape index (κ2) is 7.79. The second-order valence-electron chi connectivity index (χ2n) is 5.98. The van der Waals surface area contributed by atoms with Gasteiger partial charge in [0.25, 0.3) is 10.1 Å². The lowest BCUT2D eigenvalue weighted by atomic mass is 10.0. The molecule has 1 atom stereocenters. The van der Waals surface area contributed by atoms with E-state index >= 15 is 0 Å². The van der Waals surface area contributed by atoms with Crippen molar-refractivity contribution >= 4 is 10.1 Å². The van der Waals surface area contributed by atoms with Gasteiger partial charge >= 0.3 is 0 Å². The summed E-state index contributed by atoms with van der Waals surface area (Å²) in [5.41, 5.74) is 1.03. The van der Waals surface area contributed by atoms with Crippen molar-refractivity contribution in [2.75, 3.05) is 6.61 Å². The topological polar surface area (TPSA) is 43.4 Å². The van der Waals surface area contributed by atoms with Gasteiger partial charge in [-0.15, -0.1) is 0 Å². The molecule has 1 aromatic carbocycles. The first kappa shape index (κ1) is 17.2. The number of aryl methyl sites for hydroxylation is 1. The highest BCUT2D eigenvalue weighted by atomic mass is 32.2. The Hall–Kier alpha value is -0.870. The van der Waals surface area contributed by atoms with Gasteiger partial charge in [-0.3, -0.25) is 4.18 Å². The smallest absolute Gasteiger partial charge is 0.266 e. The van der Waals surface area contributed by atoms with Crippen LogP contribution in [-0.4, -0.2) is 15.0 Å². The van der Waals surface area contributed by atoms with Gasteiger partial charge in [-0.1, -0.05) is 51.3 Å². The van der Waals surface area contributed by atoms with Crippen molar-refractivity contribution < 1.29 is 12.6 Å². The third-order valence-corrected chi connectivity index (χ3v) is 4.59. The maximum atomic E-state index is 12.0. The monoisotopic (exact) mass is 298 g/mol. The summed E-state index contributed by atoms with van der Waals surface area (Å²) >= 11 is 0. The van der Waals surface area contributed by atoms with Gasteiger partial charge in [0.15, 0.2) is 0 Å². The molecule has 0 spiro atoms. The van der Waals surface area contributed by atoms with Crippen LogP contribution in [0.3, 0.4) is 0 Å². The van der Waals surface area contributed by atoms with Gasteiger partial charge in [0, 0.05) is 0 Å². The Morgan fingerprint density at radius 1 is 1.05 bits per heavy atom. The fraction of sp³-hybridized carbons (Fsp3) is 0.625. The Bertz CT molecular complexity index is 489. The van der Waals surface area contributed by atoms with Crippen LogP contribution in [0.25, 0.3) is 0 Å². The van der Waals surface area contributed by atoms with Crippen LogP contribution in [0.15, 0.2) is 29.2 Å². The van der Waals surface area contributed by atoms with Crippen LogP contribution in [0.4, 0.5) is 0 Å². The van der Waals surface area contributed by atoms with Crippen molar-refractivity contribution in [3.8, 4) is 0 Å². The zero-order chi connectivity index (χ0) is 15.2. The first-order chi connectivity index (χ1) is 9.31. The predicted octanol–water partition coefficient (Wildman–Crippen LogP) is 4.16. The molecule has 0 aromatic heterocycles. The molecular weight excluding hydrogens is 272 g/mol. The molecule has 1 unspecified atom stereocenters. The Balaban J connectivity index is 2.45. The van der Waals surface area contributed by atoms with E-state index < -0.39 is 10.1 Å². The van der Waals surface area contributed by atoms with E-state index in [4.69, 9.17) is 4.18 Å². The van der Waals surface area contributed by atoms with E-state index in [-0.39, 0.29) is 17.4 Å². The average Bonchev–Trinajstić information content (AvgIpc) is 2.36. The van der Waals surface area contributed by atoms with Gasteiger partial charge in [-0.2, -0.15) is 8.42 Å². The highest BCUT2D eigenvalue weighted by Crippen LogP contribution is 2.17. The van der Waals surface area contributed by atoms with Crippen LogP contribution >= 0.6 is 0 Å². The van der Waals surface area contributed by atoms with E-state index in [9.17, 15) is 8.42 Å². The van der Waals surface area contributed by atoms with E-state index in [1.54, 1.807) is 24.3 Å². The van der Waals surface area contributed by atoms with Crippen molar-refractivity contribution in [3.05, 3.63) is 29.8 Å². The molecular formula is C16H26O3S. The van der Waals surface area contributed by atoms with Crippen molar-refractivity contribution in [3.63, 3.8) is 0 Å². The van der Waals surface area contributed by atoms with Gasteiger partial charge < -0.3 is 0 Å². The van der Waals surface area contributed by atoms with Crippen molar-refractivity contribution in [2.45, 2.75) is 51.9 Å². The molecule has 0 aliphatic carbocycles. The fourth-order valence-corrected chi connectivity index (χ4v) is 2.95. The summed E-state index contributed by atoms with van der Waals surface area (Å²) in [5, 5.41) is 0. The molecule has 20 heavy (non-hydrogen) atoms. The lowest BCUT2D eigenvalue weighted by molar-refractivity contribution is 0.252. The Morgan fingerprint density at radius 2 is 1.65 bits per heavy atom. The normalized spacial score (nSPS) is 13.7. The van der Waals surface area contributed by atoms with Crippen LogP contribution in [0.1, 0.15) is 45.6 Å². The van der Waals surface area contributed by atoms with Gasteiger partial charge in [0.2, 0.25) is 0 Å². The first-order valence-corrected chi connectivity index (χ1v) is 8.68. The Morgan fingerprint density at radius 3 is 2.20 bits per heavy atom. The molecule has 1 rings (SSSR count). The molecule has 3 nitrogen and oxygen atoms in total. The van der Waals surface area contributed by atoms with Crippen molar-refractivity contribution in [1.29, 1.82) is 0 Å². The Labute approximate surface area is 123 Å². The van der Waals surface area contributed by atoms with Gasteiger partial charge in [-0.05, 0) is 37.3 Å². The molecule has 0 N–H and O–H groups in total. The maximum Gasteiger partial charge on any atom is 0.296 e. The SMILES string of the molecule is Cc1ccc(S(=O)(=O)OCC(C)CCCC(C)C)cc1. The summed E-state index contributed by atoms with van der Waals surface area (Å²) in [6.45, 7) is 8.61. The molecule has 0 bridgehead atoms. The summed E-state index contributed by atoms with van der Waals surface area (Å²) in [6.07, 6.45) is 3.30. The highest BCUT2D eigenvalue weighted by molar-refractivity contribution is 7.86. The summed E-state index contributed by atoms with van der Waals surface area (Å²) in [4.78, 5) is 0.234. The third kappa shape index (κ3) is 6.06. The number of benzene rings is 1. The van der Waals surface area contributed by atoms with Gasteiger partial charge in [-0.25, -0.2) is 0 Å². The van der Waals surface area contributed by atoms with Crippen LogP contribution in [-0.2, 0) is 14.3 Å². The fourth-order valence-electron chi connectivity index (χ4n) is 1.94. The van der Waals surface area contributed by atoms with Crippen LogP contribution in [0.2, 0.25) is 0 Å². The molecule has 0 amide bonds. The molecule has 4 heteroatoms. The molecule has 0 aliphatic heterocycles. The van der Waals surface area contributed by atoms with Crippen LogP contribution in [0, 0.1) is 18.8 Å². The highest BCUT2D eigenvalue weighted by Gasteiger charge is 2.16. The number of hydrogen-bond donors (Lipinski definition) is 0. The summed E-state index contributed by atoms with van der Waals surface area (Å²) < 4.78 is 29.2. The molecule has 0 saturated heterocycles. The molecule has 114 valence electrons. The minimum atomic E-state index is -3.61. The Kier molecular flexibility index (Phi) is 6.69. The van der Waals surface area contributed by atoms with Gasteiger partial charge in [0.05, 0.1) is 11.5 Å². The first-order valence-electron chi connectivity index (χ1n) is 7.27. The van der Waals surface area contributed by atoms with E-state index in [0.717, 1.165) is 18.4 Å². The minimum Gasteiger partial charge on any atom is -0.266 e. The third-order valence-electron chi connectivity index (χ3n) is 3.30. The summed E-state index contributed by atoms with van der Waals surface area (Å²) in [5.74, 6) is 0.952. The molecule has 0 saturated carbocycles. The van der Waals surface area contributed by atoms with Crippen LogP contribution in [0.5, 0.6) is 0 Å². The lowest BCUT2D eigenvalue weighted by Crippen LogP contribution is -2.13. The quantitative estimate of drug-likeness (QED) is 0.677. The van der Waals surface area contributed by atoms with E-state index in [1.165, 1.54) is 6.42 Å². The lowest BCUT2D eigenvalue weighted by Gasteiger charge is -2.13. The second-order valence-corrected chi connectivity index (χ2v) is 7.60. The van der Waals surface area contributed by atoms with E-state index in [2.05, 4.69) is 13.8 Å². The number of hydrogen-bond acceptors (Lipinski definition) is 3. The van der Waals surface area contributed by atoms with Gasteiger partial charge in [0.1, 0.15) is 0 Å². The minimum absolute atomic E-state index is 0.234. The zero-order valence-corrected chi connectivity index (χ0v) is 13.7. The molecule has 0 radical (unpaired) electrons. The summed E-state index contributed by atoms with van der Waals surface area (Å²) in [7, 11) is -3.61. The maximum absolute atomic E-state index is 12.0. The van der Waals surface area contributed by atoms with Crippen molar-refractivity contribution in [1.82, 2.24) is 0 Å².